The van der Waals surface area contributed by atoms with Gasteiger partial charge in [0, 0.05) is 68.7 Å². The molecule has 12 heteroatoms. The van der Waals surface area contributed by atoms with Gasteiger partial charge < -0.3 is 10.6 Å². The Labute approximate surface area is 266 Å². The van der Waals surface area contributed by atoms with Gasteiger partial charge in [-0.15, -0.1) is 0 Å². The van der Waals surface area contributed by atoms with E-state index in [2.05, 4.69) is 10.6 Å². The monoisotopic (exact) mass is 645 g/mol. The summed E-state index contributed by atoms with van der Waals surface area (Å²) >= 11 is 0. The Kier molecular flexibility index (Phi) is 24.4. The quantitative estimate of drug-likeness (QED) is 0.211. The molecule has 1 aliphatic heterocycles. The number of nitrogens with one attached hydrogen (secondary N) is 2. The van der Waals surface area contributed by atoms with Gasteiger partial charge in [-0.3, -0.25) is 33.7 Å². The number of rotatable bonds is 14. The van der Waals surface area contributed by atoms with Crippen LogP contribution in [0.3, 0.4) is 0 Å². The summed E-state index contributed by atoms with van der Waals surface area (Å²) in [5, 5.41) is 5.45. The molecule has 1 aliphatic carbocycles. The highest BCUT2D eigenvalue weighted by molar-refractivity contribution is 7.91. The van der Waals surface area contributed by atoms with E-state index in [0.29, 0.717) is 30.9 Å². The molecule has 2 aliphatic rings. The van der Waals surface area contributed by atoms with Crippen LogP contribution < -0.4 is 10.6 Å². The number of amides is 4. The van der Waals surface area contributed by atoms with Crippen molar-refractivity contribution in [2.75, 3.05) is 31.1 Å². The highest BCUT2D eigenvalue weighted by atomic mass is 32.2. The van der Waals surface area contributed by atoms with Crippen molar-refractivity contribution in [2.24, 2.45) is 17.8 Å². The standard InChI is InChI=1S/C11H18N2O3.C9H14O2.C6H13NO.C6H14O2S/c1-3-5-12-9(14)4-6-13-10(15)7-8(2)11(13)16;1-3-4-7-8(10)5-6(2)9(7)11;1-3-5-7-6(8)4-2;1-3-5-9(7,8)6-4-2/h8H,3-7H2,1-2H3,(H,12,14);6-7H,3-5H2,1-2H3;3-5H2,1-2H3,(H,7,8);3-6H2,1-2H3. The maximum atomic E-state index is 11.5. The summed E-state index contributed by atoms with van der Waals surface area (Å²) in [4.78, 5) is 68.3. The molecular weight excluding hydrogens is 586 g/mol. The van der Waals surface area contributed by atoms with E-state index in [4.69, 9.17) is 0 Å². The third-order valence-corrected chi connectivity index (χ3v) is 8.89. The largest absolute Gasteiger partial charge is 0.356 e. The van der Waals surface area contributed by atoms with Crippen LogP contribution in [0.1, 0.15) is 120 Å². The molecule has 2 fully saturated rings. The maximum Gasteiger partial charge on any atom is 0.232 e. The smallest absolute Gasteiger partial charge is 0.232 e. The zero-order chi connectivity index (χ0) is 34.3. The summed E-state index contributed by atoms with van der Waals surface area (Å²) in [5.74, 6) is 0.228. The third-order valence-electron chi connectivity index (χ3n) is 6.83. The van der Waals surface area contributed by atoms with E-state index in [1.165, 1.54) is 4.90 Å². The molecule has 0 radical (unpaired) electrons. The number of imide groups is 1. The van der Waals surface area contributed by atoms with Crippen molar-refractivity contribution in [1.82, 2.24) is 15.5 Å². The summed E-state index contributed by atoms with van der Waals surface area (Å²) in [5.41, 5.74) is 0. The molecular formula is C32H59N3O8S. The van der Waals surface area contributed by atoms with Gasteiger partial charge in [-0.2, -0.15) is 0 Å². The zero-order valence-electron chi connectivity index (χ0n) is 28.5. The number of likely N-dealkylation sites (tertiary alicyclic amines) is 1. The molecule has 0 aromatic carbocycles. The minimum Gasteiger partial charge on any atom is -0.356 e. The molecule has 1 saturated heterocycles. The second kappa shape index (κ2) is 24.7. The normalized spacial score (nSPS) is 19.3. The van der Waals surface area contributed by atoms with Crippen LogP contribution >= 0.6 is 0 Å². The van der Waals surface area contributed by atoms with Gasteiger partial charge in [-0.1, -0.05) is 61.8 Å². The molecule has 1 heterocycles. The predicted molar refractivity (Wildman–Crippen MR) is 173 cm³/mol. The zero-order valence-corrected chi connectivity index (χ0v) is 29.3. The Morgan fingerprint density at radius 1 is 0.750 bits per heavy atom. The Balaban J connectivity index is 0. The molecule has 0 bridgehead atoms. The highest BCUT2D eigenvalue weighted by Gasteiger charge is 2.37. The van der Waals surface area contributed by atoms with E-state index in [9.17, 15) is 37.2 Å². The lowest BCUT2D eigenvalue weighted by molar-refractivity contribution is -0.139. The van der Waals surface area contributed by atoms with E-state index in [-0.39, 0.29) is 72.3 Å². The minimum absolute atomic E-state index is 0.0148. The van der Waals surface area contributed by atoms with Gasteiger partial charge in [-0.25, -0.2) is 8.42 Å². The summed E-state index contributed by atoms with van der Waals surface area (Å²) in [6.45, 7) is 16.9. The highest BCUT2D eigenvalue weighted by Crippen LogP contribution is 2.26. The van der Waals surface area contributed by atoms with Crippen molar-refractivity contribution in [2.45, 2.75) is 120 Å². The van der Waals surface area contributed by atoms with Gasteiger partial charge in [0.25, 0.3) is 0 Å². The summed E-state index contributed by atoms with van der Waals surface area (Å²) in [7, 11) is -2.68. The number of Topliss-reactive ketones (excluding diaryl/α,β-unsaturated/α-hetero) is 2. The minimum atomic E-state index is -2.68. The van der Waals surface area contributed by atoms with E-state index in [1.807, 2.05) is 48.5 Å². The lowest BCUT2D eigenvalue weighted by Crippen LogP contribution is -2.35. The molecule has 11 nitrogen and oxygen atoms in total. The number of sulfone groups is 1. The average molecular weight is 646 g/mol. The molecule has 44 heavy (non-hydrogen) atoms. The SMILES string of the molecule is CCCC1C(=O)CC(C)C1=O.CCCNC(=O)CC.CCCNC(=O)CCN1C(=O)CC(C)C1=O.CCCS(=O)(=O)CCC. The van der Waals surface area contributed by atoms with Crippen LogP contribution in [0.4, 0.5) is 0 Å². The fourth-order valence-corrected chi connectivity index (χ4v) is 5.85. The summed E-state index contributed by atoms with van der Waals surface area (Å²) in [6.07, 6.45) is 6.60. The molecule has 0 aromatic heterocycles. The molecule has 4 amide bonds. The number of hydrogen-bond acceptors (Lipinski definition) is 8. The molecule has 0 spiro atoms. The fraction of sp³-hybridized carbons (Fsp3) is 0.812. The lowest BCUT2D eigenvalue weighted by atomic mass is 9.99. The van der Waals surface area contributed by atoms with Crippen molar-refractivity contribution < 1.29 is 37.2 Å². The van der Waals surface area contributed by atoms with Crippen molar-refractivity contribution >= 4 is 45.0 Å². The number of nitrogens with zero attached hydrogens (tertiary/aromatic N) is 1. The Bertz CT molecular complexity index is 1000. The van der Waals surface area contributed by atoms with Crippen LogP contribution in [0, 0.1) is 17.8 Å². The molecule has 3 atom stereocenters. The summed E-state index contributed by atoms with van der Waals surface area (Å²) in [6, 6.07) is 0. The second-order valence-electron chi connectivity index (χ2n) is 11.3. The molecule has 256 valence electrons. The first kappa shape index (κ1) is 43.5. The molecule has 2 rings (SSSR count). The third kappa shape index (κ3) is 18.9. The number of carbonyl (C=O) groups is 6. The Hall–Kier alpha value is -2.63. The van der Waals surface area contributed by atoms with Gasteiger partial charge in [0.2, 0.25) is 23.6 Å². The second-order valence-corrected chi connectivity index (χ2v) is 13.6. The van der Waals surface area contributed by atoms with Crippen LogP contribution in [0.5, 0.6) is 0 Å². The van der Waals surface area contributed by atoms with Crippen molar-refractivity contribution in [3.05, 3.63) is 0 Å². The Morgan fingerprint density at radius 3 is 1.64 bits per heavy atom. The maximum absolute atomic E-state index is 11.5. The molecule has 1 saturated carbocycles. The summed E-state index contributed by atoms with van der Waals surface area (Å²) < 4.78 is 21.7. The van der Waals surface area contributed by atoms with E-state index in [1.54, 1.807) is 6.92 Å². The van der Waals surface area contributed by atoms with Gasteiger partial charge in [-0.05, 0) is 32.1 Å². The van der Waals surface area contributed by atoms with Crippen LogP contribution in [-0.2, 0) is 38.6 Å². The van der Waals surface area contributed by atoms with Crippen LogP contribution in [-0.4, -0.2) is 79.7 Å². The first-order chi connectivity index (χ1) is 20.7. The van der Waals surface area contributed by atoms with Crippen LogP contribution in [0.25, 0.3) is 0 Å². The number of carbonyl (C=O) groups excluding carboxylic acids is 6. The van der Waals surface area contributed by atoms with Gasteiger partial charge in [0.05, 0.1) is 5.92 Å². The first-order valence-electron chi connectivity index (χ1n) is 16.3. The molecule has 0 aromatic rings. The van der Waals surface area contributed by atoms with E-state index >= 15 is 0 Å². The van der Waals surface area contributed by atoms with E-state index < -0.39 is 9.84 Å². The van der Waals surface area contributed by atoms with Gasteiger partial charge in [0.15, 0.2) is 0 Å². The molecule has 2 N–H and O–H groups in total. The first-order valence-corrected chi connectivity index (χ1v) is 18.1. The lowest BCUT2D eigenvalue weighted by Gasteiger charge is -2.13. The van der Waals surface area contributed by atoms with Gasteiger partial charge in [0.1, 0.15) is 21.4 Å². The fourth-order valence-electron chi connectivity index (χ4n) is 4.40. The van der Waals surface area contributed by atoms with Gasteiger partial charge >= 0.3 is 0 Å². The number of hydrogen-bond donors (Lipinski definition) is 2. The topological polar surface area (TPSA) is 164 Å². The average Bonchev–Trinajstić information content (AvgIpc) is 3.36. The van der Waals surface area contributed by atoms with Crippen molar-refractivity contribution in [3.63, 3.8) is 0 Å². The predicted octanol–water partition coefficient (Wildman–Crippen LogP) is 4.02. The van der Waals surface area contributed by atoms with Crippen molar-refractivity contribution in [1.29, 1.82) is 0 Å². The van der Waals surface area contributed by atoms with Crippen LogP contribution in [0.15, 0.2) is 0 Å². The Morgan fingerprint density at radius 2 is 1.27 bits per heavy atom. The van der Waals surface area contributed by atoms with Crippen LogP contribution in [0.2, 0.25) is 0 Å². The molecule has 3 unspecified atom stereocenters. The van der Waals surface area contributed by atoms with E-state index in [0.717, 1.165) is 45.1 Å². The van der Waals surface area contributed by atoms with Crippen molar-refractivity contribution in [3.8, 4) is 0 Å². The number of ketones is 2.